The first-order chi connectivity index (χ1) is 9.61. The Balaban J connectivity index is 2.07. The maximum Gasteiger partial charge on any atom is 0.142 e. The quantitative estimate of drug-likeness (QED) is 0.826. The van der Waals surface area contributed by atoms with Crippen LogP contribution in [0.1, 0.15) is 30.2 Å². The highest BCUT2D eigenvalue weighted by molar-refractivity contribution is 6.30. The van der Waals surface area contributed by atoms with Gasteiger partial charge >= 0.3 is 0 Å². The molecule has 0 saturated carbocycles. The average Bonchev–Trinajstić information content (AvgIpc) is 2.76. The van der Waals surface area contributed by atoms with Crippen LogP contribution < -0.4 is 5.32 Å². The van der Waals surface area contributed by atoms with Crippen molar-refractivity contribution >= 4 is 11.6 Å². The van der Waals surface area contributed by atoms with Crippen molar-refractivity contribution in [2.24, 2.45) is 0 Å². The molecule has 3 nitrogen and oxygen atoms in total. The number of hydrogen-bond donors (Lipinski definition) is 1. The number of hydrogen-bond acceptors (Lipinski definition) is 2. The maximum absolute atomic E-state index is 13.4. The van der Waals surface area contributed by atoms with Crippen LogP contribution >= 0.6 is 11.6 Å². The largest absolute Gasteiger partial charge is 0.313 e. The van der Waals surface area contributed by atoms with Gasteiger partial charge in [-0.05, 0) is 37.6 Å². The monoisotopic (exact) mass is 295 g/mol. The second-order valence-electron chi connectivity index (χ2n) is 4.84. The lowest BCUT2D eigenvalue weighted by Gasteiger charge is -2.07. The van der Waals surface area contributed by atoms with E-state index < -0.39 is 0 Å². The third-order valence-electron chi connectivity index (χ3n) is 3.26. The predicted octanol–water partition coefficient (Wildman–Crippen LogP) is 3.53. The minimum Gasteiger partial charge on any atom is -0.313 e. The Morgan fingerprint density at radius 2 is 2.20 bits per heavy atom. The summed E-state index contributed by atoms with van der Waals surface area (Å²) in [4.78, 5) is 0. The van der Waals surface area contributed by atoms with E-state index in [1.807, 2.05) is 23.9 Å². The van der Waals surface area contributed by atoms with Gasteiger partial charge in [0.15, 0.2) is 0 Å². The van der Waals surface area contributed by atoms with E-state index in [1.165, 1.54) is 11.6 Å². The fourth-order valence-electron chi connectivity index (χ4n) is 2.03. The van der Waals surface area contributed by atoms with Crippen LogP contribution in [0.5, 0.6) is 0 Å². The highest BCUT2D eigenvalue weighted by atomic mass is 35.5. The molecule has 2 rings (SSSR count). The fraction of sp³-hybridized carbons (Fsp3) is 0.400. The Hall–Kier alpha value is -1.39. The first-order valence-electron chi connectivity index (χ1n) is 6.77. The van der Waals surface area contributed by atoms with Crippen molar-refractivity contribution < 1.29 is 4.39 Å². The second-order valence-corrected chi connectivity index (χ2v) is 5.25. The number of rotatable bonds is 6. The lowest BCUT2D eigenvalue weighted by Crippen LogP contribution is -2.14. The zero-order valence-corrected chi connectivity index (χ0v) is 12.5. The zero-order valence-electron chi connectivity index (χ0n) is 11.8. The van der Waals surface area contributed by atoms with Crippen LogP contribution in [0.15, 0.2) is 24.4 Å². The Labute approximate surface area is 123 Å². The predicted molar refractivity (Wildman–Crippen MR) is 79.5 cm³/mol. The Morgan fingerprint density at radius 3 is 2.90 bits per heavy atom. The van der Waals surface area contributed by atoms with Crippen LogP contribution in [-0.4, -0.2) is 16.3 Å². The summed E-state index contributed by atoms with van der Waals surface area (Å²) in [6.45, 7) is 6.52. The number of nitrogens with zero attached hydrogens (tertiary/aromatic N) is 2. The van der Waals surface area contributed by atoms with Gasteiger partial charge in [-0.15, -0.1) is 0 Å². The van der Waals surface area contributed by atoms with Crippen LogP contribution in [0.3, 0.4) is 0 Å². The first-order valence-corrected chi connectivity index (χ1v) is 7.15. The summed E-state index contributed by atoms with van der Waals surface area (Å²) >= 11 is 5.68. The molecule has 0 amide bonds. The van der Waals surface area contributed by atoms with Gasteiger partial charge in [0.2, 0.25) is 0 Å². The van der Waals surface area contributed by atoms with Gasteiger partial charge in [0.05, 0.1) is 17.8 Å². The molecule has 0 spiro atoms. The molecule has 5 heteroatoms. The number of halogens is 2. The average molecular weight is 296 g/mol. The molecule has 2 aromatic rings. The van der Waals surface area contributed by atoms with Gasteiger partial charge in [-0.3, -0.25) is 4.68 Å². The minimum absolute atomic E-state index is 0.149. The van der Waals surface area contributed by atoms with E-state index in [9.17, 15) is 4.39 Å². The van der Waals surface area contributed by atoms with Crippen molar-refractivity contribution in [3.05, 3.63) is 52.1 Å². The molecule has 1 N–H and O–H groups in total. The van der Waals surface area contributed by atoms with Gasteiger partial charge in [-0.25, -0.2) is 4.39 Å². The first kappa shape index (κ1) is 15.0. The van der Waals surface area contributed by atoms with Gasteiger partial charge in [-0.2, -0.15) is 5.10 Å². The summed E-state index contributed by atoms with van der Waals surface area (Å²) in [6.07, 6.45) is 2.97. The van der Waals surface area contributed by atoms with Crippen molar-refractivity contribution in [1.82, 2.24) is 15.1 Å². The standard InChI is InChI=1S/C15H19ClFN3/c1-3-6-18-8-13-9-19-20(11(13)2)10-12-4-5-14(16)15(17)7-12/h4-5,7,9,18H,3,6,8,10H2,1-2H3. The van der Waals surface area contributed by atoms with Crippen LogP contribution in [0.4, 0.5) is 4.39 Å². The molecule has 0 bridgehead atoms. The fourth-order valence-corrected chi connectivity index (χ4v) is 2.15. The smallest absolute Gasteiger partial charge is 0.142 e. The van der Waals surface area contributed by atoms with E-state index >= 15 is 0 Å². The van der Waals surface area contributed by atoms with Crippen LogP contribution in [0.2, 0.25) is 5.02 Å². The van der Waals surface area contributed by atoms with E-state index in [0.717, 1.165) is 30.8 Å². The maximum atomic E-state index is 13.4. The SMILES string of the molecule is CCCNCc1cnn(Cc2ccc(Cl)c(F)c2)c1C. The highest BCUT2D eigenvalue weighted by Gasteiger charge is 2.08. The zero-order chi connectivity index (χ0) is 14.5. The van der Waals surface area contributed by atoms with Gasteiger partial charge in [0.25, 0.3) is 0 Å². The van der Waals surface area contributed by atoms with E-state index in [4.69, 9.17) is 11.6 Å². The van der Waals surface area contributed by atoms with Crippen LogP contribution in [0.25, 0.3) is 0 Å². The highest BCUT2D eigenvalue weighted by Crippen LogP contribution is 2.17. The third kappa shape index (κ3) is 3.58. The van der Waals surface area contributed by atoms with Crippen LogP contribution in [-0.2, 0) is 13.1 Å². The topological polar surface area (TPSA) is 29.9 Å². The van der Waals surface area contributed by atoms with E-state index in [1.54, 1.807) is 6.07 Å². The second kappa shape index (κ2) is 6.86. The van der Waals surface area contributed by atoms with Gasteiger partial charge in [0, 0.05) is 17.8 Å². The van der Waals surface area contributed by atoms with Gasteiger partial charge < -0.3 is 5.32 Å². The molecule has 0 saturated heterocycles. The van der Waals surface area contributed by atoms with E-state index in [-0.39, 0.29) is 10.8 Å². The Kier molecular flexibility index (Phi) is 5.15. The number of nitrogens with one attached hydrogen (secondary N) is 1. The molecule has 1 heterocycles. The summed E-state index contributed by atoms with van der Waals surface area (Å²) in [5.41, 5.74) is 3.13. The molecule has 0 aliphatic rings. The Bertz CT molecular complexity index is 580. The lowest BCUT2D eigenvalue weighted by molar-refractivity contribution is 0.616. The number of benzene rings is 1. The molecule has 0 fully saturated rings. The number of aromatic nitrogens is 2. The molecule has 1 aromatic heterocycles. The van der Waals surface area contributed by atoms with Crippen molar-refractivity contribution in [3.63, 3.8) is 0 Å². The van der Waals surface area contributed by atoms with Crippen molar-refractivity contribution in [1.29, 1.82) is 0 Å². The molecule has 1 aromatic carbocycles. The third-order valence-corrected chi connectivity index (χ3v) is 3.57. The lowest BCUT2D eigenvalue weighted by atomic mass is 10.2. The summed E-state index contributed by atoms with van der Waals surface area (Å²) in [6, 6.07) is 4.86. The van der Waals surface area contributed by atoms with Crippen molar-refractivity contribution in [2.45, 2.75) is 33.4 Å². The van der Waals surface area contributed by atoms with Crippen molar-refractivity contribution in [2.75, 3.05) is 6.54 Å². The molecular formula is C15H19ClFN3. The molecular weight excluding hydrogens is 277 g/mol. The van der Waals surface area contributed by atoms with E-state index in [0.29, 0.717) is 6.54 Å². The molecule has 0 aliphatic heterocycles. The minimum atomic E-state index is -0.390. The molecule has 20 heavy (non-hydrogen) atoms. The molecule has 0 radical (unpaired) electrons. The van der Waals surface area contributed by atoms with Gasteiger partial charge in [-0.1, -0.05) is 24.6 Å². The van der Waals surface area contributed by atoms with Crippen molar-refractivity contribution in [3.8, 4) is 0 Å². The summed E-state index contributed by atoms with van der Waals surface area (Å²) in [5.74, 6) is -0.390. The molecule has 0 aliphatic carbocycles. The normalized spacial score (nSPS) is 11.0. The summed E-state index contributed by atoms with van der Waals surface area (Å²) in [7, 11) is 0. The van der Waals surface area contributed by atoms with Crippen LogP contribution in [0, 0.1) is 12.7 Å². The van der Waals surface area contributed by atoms with Gasteiger partial charge in [0.1, 0.15) is 5.82 Å². The molecule has 0 unspecified atom stereocenters. The Morgan fingerprint density at radius 1 is 1.40 bits per heavy atom. The van der Waals surface area contributed by atoms with E-state index in [2.05, 4.69) is 17.3 Å². The molecule has 108 valence electrons. The molecule has 0 atom stereocenters. The summed E-state index contributed by atoms with van der Waals surface area (Å²) < 4.78 is 15.3. The summed E-state index contributed by atoms with van der Waals surface area (Å²) in [5, 5.41) is 7.87.